The predicted molar refractivity (Wildman–Crippen MR) is 92.4 cm³/mol. The Bertz CT molecular complexity index is 661. The third-order valence-corrected chi connectivity index (χ3v) is 3.48. The zero-order chi connectivity index (χ0) is 16.7. The Labute approximate surface area is 136 Å². The number of rotatable bonds is 7. The minimum Gasteiger partial charge on any atom is -0.395 e. The topological polar surface area (TPSA) is 70.4 Å². The van der Waals surface area contributed by atoms with Crippen molar-refractivity contribution in [3.63, 3.8) is 0 Å². The van der Waals surface area contributed by atoms with Gasteiger partial charge in [-0.05, 0) is 37.3 Å². The van der Waals surface area contributed by atoms with E-state index in [2.05, 4.69) is 10.3 Å². The van der Waals surface area contributed by atoms with E-state index in [0.29, 0.717) is 6.54 Å². The zero-order valence-electron chi connectivity index (χ0n) is 13.4. The lowest BCUT2D eigenvalue weighted by Crippen LogP contribution is -2.20. The van der Waals surface area contributed by atoms with Crippen LogP contribution in [0.5, 0.6) is 0 Å². The highest BCUT2D eigenvalue weighted by atomic mass is 16.3. The molecule has 0 bridgehead atoms. The first kappa shape index (κ1) is 16.8. The van der Waals surface area contributed by atoms with Crippen molar-refractivity contribution in [1.29, 1.82) is 0 Å². The summed E-state index contributed by atoms with van der Waals surface area (Å²) in [5, 5.41) is 11.7. The number of aromatic nitrogens is 2. The van der Waals surface area contributed by atoms with Crippen LogP contribution in [0.3, 0.4) is 0 Å². The van der Waals surface area contributed by atoms with Gasteiger partial charge >= 0.3 is 0 Å². The van der Waals surface area contributed by atoms with Crippen LogP contribution in [0, 0.1) is 0 Å². The summed E-state index contributed by atoms with van der Waals surface area (Å²) in [6.45, 7) is 3.50. The second-order valence-electron chi connectivity index (χ2n) is 5.09. The first-order valence-electron chi connectivity index (χ1n) is 7.56. The van der Waals surface area contributed by atoms with Crippen LogP contribution in [0.15, 0.2) is 42.7 Å². The fourth-order valence-corrected chi connectivity index (χ4v) is 2.16. The van der Waals surface area contributed by atoms with E-state index in [1.807, 2.05) is 53.9 Å². The van der Waals surface area contributed by atoms with E-state index in [1.165, 1.54) is 6.08 Å². The average molecular weight is 314 g/mol. The summed E-state index contributed by atoms with van der Waals surface area (Å²) in [6, 6.07) is 7.47. The van der Waals surface area contributed by atoms with Crippen molar-refractivity contribution < 1.29 is 9.90 Å². The minimum atomic E-state index is -0.202. The van der Waals surface area contributed by atoms with Crippen molar-refractivity contribution in [2.45, 2.75) is 13.5 Å². The number of likely N-dealkylation sites (N-methyl/N-ethyl adjacent to an activating group) is 1. The third kappa shape index (κ3) is 4.69. The fraction of sp³-hybridized carbons (Fsp3) is 0.294. The molecule has 1 heterocycles. The smallest absolute Gasteiger partial charge is 0.248 e. The van der Waals surface area contributed by atoms with E-state index in [0.717, 1.165) is 23.7 Å². The molecule has 23 heavy (non-hydrogen) atoms. The Kier molecular flexibility index (Phi) is 5.94. The summed E-state index contributed by atoms with van der Waals surface area (Å²) in [6.07, 6.45) is 6.75. The lowest BCUT2D eigenvalue weighted by Gasteiger charge is -2.18. The molecule has 1 aromatic heterocycles. The van der Waals surface area contributed by atoms with Crippen LogP contribution in [-0.4, -0.2) is 40.8 Å². The van der Waals surface area contributed by atoms with Crippen LogP contribution in [0.4, 0.5) is 11.4 Å². The second-order valence-corrected chi connectivity index (χ2v) is 5.09. The zero-order valence-corrected chi connectivity index (χ0v) is 13.4. The molecule has 0 saturated heterocycles. The number of anilines is 2. The maximum Gasteiger partial charge on any atom is 0.248 e. The van der Waals surface area contributed by atoms with Crippen LogP contribution in [-0.2, 0) is 11.3 Å². The average Bonchev–Trinajstić information content (AvgIpc) is 3.01. The van der Waals surface area contributed by atoms with E-state index in [4.69, 9.17) is 5.11 Å². The number of carbonyl (C=O) groups excluding carboxylic acids is 1. The monoisotopic (exact) mass is 314 g/mol. The molecule has 6 heteroatoms. The molecule has 0 aliphatic heterocycles. The van der Waals surface area contributed by atoms with Crippen LogP contribution in [0.1, 0.15) is 12.7 Å². The second kappa shape index (κ2) is 8.14. The SMILES string of the molecule is CCn1ccnc1/C=C/C(=O)Nc1ccc(N(C)CCO)cc1. The van der Waals surface area contributed by atoms with Gasteiger partial charge < -0.3 is 19.9 Å². The number of carbonyl (C=O) groups is 1. The summed E-state index contributed by atoms with van der Waals surface area (Å²) in [5.41, 5.74) is 1.71. The maximum atomic E-state index is 12.0. The highest BCUT2D eigenvalue weighted by molar-refractivity contribution is 6.01. The number of hydrogen-bond acceptors (Lipinski definition) is 4. The number of aryl methyl sites for hydroxylation is 1. The highest BCUT2D eigenvalue weighted by Gasteiger charge is 2.02. The summed E-state index contributed by atoms with van der Waals surface area (Å²) < 4.78 is 1.95. The molecule has 122 valence electrons. The van der Waals surface area contributed by atoms with Gasteiger partial charge in [-0.25, -0.2) is 4.98 Å². The third-order valence-electron chi connectivity index (χ3n) is 3.48. The summed E-state index contributed by atoms with van der Waals surface area (Å²) >= 11 is 0. The number of amides is 1. The molecule has 2 N–H and O–H groups in total. The molecule has 0 atom stereocenters. The molecule has 0 spiro atoms. The number of aliphatic hydroxyl groups is 1. The van der Waals surface area contributed by atoms with Crippen LogP contribution in [0.2, 0.25) is 0 Å². The van der Waals surface area contributed by atoms with Gasteiger partial charge in [0.2, 0.25) is 5.91 Å². The van der Waals surface area contributed by atoms with E-state index < -0.39 is 0 Å². The number of aliphatic hydroxyl groups excluding tert-OH is 1. The van der Waals surface area contributed by atoms with Crippen molar-refractivity contribution in [1.82, 2.24) is 9.55 Å². The van der Waals surface area contributed by atoms with E-state index in [9.17, 15) is 4.79 Å². The normalized spacial score (nSPS) is 10.9. The largest absolute Gasteiger partial charge is 0.395 e. The van der Waals surface area contributed by atoms with Gasteiger partial charge in [-0.15, -0.1) is 0 Å². The predicted octanol–water partition coefficient (Wildman–Crippen LogP) is 1.98. The van der Waals surface area contributed by atoms with Crippen molar-refractivity contribution in [2.75, 3.05) is 30.4 Å². The van der Waals surface area contributed by atoms with Gasteiger partial charge in [0.1, 0.15) is 5.82 Å². The lowest BCUT2D eigenvalue weighted by atomic mass is 10.2. The van der Waals surface area contributed by atoms with Crippen molar-refractivity contribution in [3.05, 3.63) is 48.6 Å². The maximum absolute atomic E-state index is 12.0. The first-order valence-corrected chi connectivity index (χ1v) is 7.56. The van der Waals surface area contributed by atoms with Crippen LogP contribution in [0.25, 0.3) is 6.08 Å². The Morgan fingerprint density at radius 1 is 1.39 bits per heavy atom. The van der Waals surface area contributed by atoms with Gasteiger partial charge in [0.15, 0.2) is 0 Å². The fourth-order valence-electron chi connectivity index (χ4n) is 2.16. The van der Waals surface area contributed by atoms with Crippen molar-refractivity contribution in [2.24, 2.45) is 0 Å². The van der Waals surface area contributed by atoms with Crippen molar-refractivity contribution in [3.8, 4) is 0 Å². The molecule has 2 rings (SSSR count). The molecule has 0 aliphatic rings. The summed E-state index contributed by atoms with van der Waals surface area (Å²) in [7, 11) is 1.91. The molecule has 2 aromatic rings. The van der Waals surface area contributed by atoms with Crippen LogP contribution >= 0.6 is 0 Å². The number of hydrogen-bond donors (Lipinski definition) is 2. The molecule has 6 nitrogen and oxygen atoms in total. The van der Waals surface area contributed by atoms with Gasteiger partial charge in [-0.1, -0.05) is 0 Å². The number of nitrogens with zero attached hydrogens (tertiary/aromatic N) is 3. The molecule has 0 aliphatic carbocycles. The molecular formula is C17H22N4O2. The van der Waals surface area contributed by atoms with Gasteiger partial charge in [0.25, 0.3) is 0 Å². The molecule has 0 fully saturated rings. The van der Waals surface area contributed by atoms with Gasteiger partial charge in [-0.2, -0.15) is 0 Å². The molecular weight excluding hydrogens is 292 g/mol. The Balaban J connectivity index is 1.95. The molecule has 0 unspecified atom stereocenters. The van der Waals surface area contributed by atoms with E-state index >= 15 is 0 Å². The number of imidazole rings is 1. The quantitative estimate of drug-likeness (QED) is 0.767. The Morgan fingerprint density at radius 3 is 2.78 bits per heavy atom. The van der Waals surface area contributed by atoms with Crippen molar-refractivity contribution >= 4 is 23.4 Å². The summed E-state index contributed by atoms with van der Waals surface area (Å²) in [5.74, 6) is 0.552. The Hall–Kier alpha value is -2.60. The van der Waals surface area contributed by atoms with Gasteiger partial charge in [-0.3, -0.25) is 4.79 Å². The molecule has 0 saturated carbocycles. The molecule has 1 aromatic carbocycles. The standard InChI is InChI=1S/C17H22N4O2/c1-3-21-11-10-18-16(21)8-9-17(23)19-14-4-6-15(7-5-14)20(2)12-13-22/h4-11,22H,3,12-13H2,1-2H3,(H,19,23)/b9-8+. The lowest BCUT2D eigenvalue weighted by molar-refractivity contribution is -0.111. The summed E-state index contributed by atoms with van der Waals surface area (Å²) in [4.78, 5) is 18.1. The Morgan fingerprint density at radius 2 is 2.13 bits per heavy atom. The van der Waals surface area contributed by atoms with E-state index in [-0.39, 0.29) is 12.5 Å². The van der Waals surface area contributed by atoms with E-state index in [1.54, 1.807) is 12.3 Å². The number of nitrogens with one attached hydrogen (secondary N) is 1. The first-order chi connectivity index (χ1) is 11.1. The van der Waals surface area contributed by atoms with Crippen LogP contribution < -0.4 is 10.2 Å². The number of benzene rings is 1. The molecule has 0 radical (unpaired) electrons. The van der Waals surface area contributed by atoms with Gasteiger partial charge in [0, 0.05) is 50.0 Å². The molecule has 1 amide bonds. The van der Waals surface area contributed by atoms with Gasteiger partial charge in [0.05, 0.1) is 6.61 Å². The highest BCUT2D eigenvalue weighted by Crippen LogP contribution is 2.16. The minimum absolute atomic E-state index is 0.104.